The lowest BCUT2D eigenvalue weighted by atomic mass is 10.2. The number of carbonyl (C=O) groups excluding carboxylic acids is 3. The first-order valence-corrected chi connectivity index (χ1v) is 6.62. The summed E-state index contributed by atoms with van der Waals surface area (Å²) in [4.78, 5) is 35.8. The second kappa shape index (κ2) is 6.85. The summed E-state index contributed by atoms with van der Waals surface area (Å²) < 4.78 is 4.81. The molecule has 7 heteroatoms. The maximum atomic E-state index is 11.8. The molecule has 0 aliphatic carbocycles. The molecule has 1 aliphatic rings. The van der Waals surface area contributed by atoms with E-state index in [4.69, 9.17) is 10.5 Å². The Morgan fingerprint density at radius 3 is 2.67 bits per heavy atom. The molecule has 1 aliphatic heterocycles. The minimum Gasteiger partial charge on any atom is -0.399 e. The summed E-state index contributed by atoms with van der Waals surface area (Å²) >= 11 is 0. The first-order valence-electron chi connectivity index (χ1n) is 6.62. The number of amides is 3. The van der Waals surface area contributed by atoms with Crippen LogP contribution in [0.4, 0.5) is 11.4 Å². The van der Waals surface area contributed by atoms with Gasteiger partial charge in [-0.15, -0.1) is 0 Å². The summed E-state index contributed by atoms with van der Waals surface area (Å²) in [7, 11) is 0. The summed E-state index contributed by atoms with van der Waals surface area (Å²) in [6, 6.07) is 6.87. The molecule has 3 amide bonds. The van der Waals surface area contributed by atoms with E-state index in [1.807, 2.05) is 0 Å². The van der Waals surface area contributed by atoms with Crippen molar-refractivity contribution in [1.82, 2.24) is 4.90 Å². The van der Waals surface area contributed by atoms with Crippen molar-refractivity contribution in [3.63, 3.8) is 0 Å². The Balaban J connectivity index is 1.76. The fourth-order valence-corrected chi connectivity index (χ4v) is 2.01. The summed E-state index contributed by atoms with van der Waals surface area (Å²) in [6.45, 7) is 0.0633. The molecule has 1 aromatic carbocycles. The van der Waals surface area contributed by atoms with Crippen molar-refractivity contribution in [3.8, 4) is 0 Å². The van der Waals surface area contributed by atoms with Gasteiger partial charge in [0.2, 0.25) is 5.91 Å². The third-order valence-corrected chi connectivity index (χ3v) is 3.01. The molecule has 1 saturated heterocycles. The zero-order valence-corrected chi connectivity index (χ0v) is 11.5. The molecule has 0 saturated carbocycles. The molecule has 0 atom stereocenters. The number of nitrogen functional groups attached to an aromatic ring is 1. The van der Waals surface area contributed by atoms with Crippen LogP contribution in [0.5, 0.6) is 0 Å². The van der Waals surface area contributed by atoms with Crippen LogP contribution in [0.25, 0.3) is 0 Å². The molecule has 112 valence electrons. The first-order chi connectivity index (χ1) is 10.1. The smallest absolute Gasteiger partial charge is 0.255 e. The number of hydrogen-bond acceptors (Lipinski definition) is 5. The molecule has 1 fully saturated rings. The van der Waals surface area contributed by atoms with Gasteiger partial charge in [-0.05, 0) is 24.6 Å². The molecule has 1 heterocycles. The SMILES string of the molecule is Nc1cccc(NC(=O)CCCN2C(=O)COCC2=O)c1. The van der Waals surface area contributed by atoms with Crippen LogP contribution in [-0.2, 0) is 19.1 Å². The Morgan fingerprint density at radius 2 is 2.00 bits per heavy atom. The highest BCUT2D eigenvalue weighted by Gasteiger charge is 2.25. The number of nitrogens with zero attached hydrogens (tertiary/aromatic N) is 1. The number of anilines is 2. The van der Waals surface area contributed by atoms with Gasteiger partial charge in [0.25, 0.3) is 11.8 Å². The highest BCUT2D eigenvalue weighted by Crippen LogP contribution is 2.12. The van der Waals surface area contributed by atoms with E-state index < -0.39 is 0 Å². The fourth-order valence-electron chi connectivity index (χ4n) is 2.01. The summed E-state index contributed by atoms with van der Waals surface area (Å²) in [5.74, 6) is -0.904. The molecule has 7 nitrogen and oxygen atoms in total. The summed E-state index contributed by atoms with van der Waals surface area (Å²) in [5, 5.41) is 2.71. The van der Waals surface area contributed by atoms with Crippen molar-refractivity contribution < 1.29 is 19.1 Å². The number of benzene rings is 1. The van der Waals surface area contributed by atoms with Gasteiger partial charge in [-0.25, -0.2) is 0 Å². The zero-order valence-electron chi connectivity index (χ0n) is 11.5. The Kier molecular flexibility index (Phi) is 4.89. The predicted molar refractivity (Wildman–Crippen MR) is 76.3 cm³/mol. The molecule has 0 bridgehead atoms. The lowest BCUT2D eigenvalue weighted by molar-refractivity contribution is -0.158. The number of imide groups is 1. The van der Waals surface area contributed by atoms with E-state index in [2.05, 4.69) is 5.32 Å². The van der Waals surface area contributed by atoms with Crippen molar-refractivity contribution in [3.05, 3.63) is 24.3 Å². The van der Waals surface area contributed by atoms with E-state index in [0.29, 0.717) is 17.8 Å². The topological polar surface area (TPSA) is 102 Å². The highest BCUT2D eigenvalue weighted by molar-refractivity contribution is 5.98. The minimum absolute atomic E-state index is 0.0821. The molecule has 0 aromatic heterocycles. The second-order valence-electron chi connectivity index (χ2n) is 4.71. The average Bonchev–Trinajstić information content (AvgIpc) is 2.42. The third kappa shape index (κ3) is 4.28. The van der Waals surface area contributed by atoms with Gasteiger partial charge in [0.15, 0.2) is 0 Å². The zero-order chi connectivity index (χ0) is 15.2. The van der Waals surface area contributed by atoms with Crippen LogP contribution < -0.4 is 11.1 Å². The maximum Gasteiger partial charge on any atom is 0.255 e. The largest absolute Gasteiger partial charge is 0.399 e. The second-order valence-corrected chi connectivity index (χ2v) is 4.71. The average molecular weight is 291 g/mol. The Bertz CT molecular complexity index is 543. The summed E-state index contributed by atoms with van der Waals surface area (Å²) in [6.07, 6.45) is 0.623. The fraction of sp³-hybridized carbons (Fsp3) is 0.357. The monoisotopic (exact) mass is 291 g/mol. The molecule has 2 rings (SSSR count). The van der Waals surface area contributed by atoms with Crippen LogP contribution in [0.15, 0.2) is 24.3 Å². The number of hydrogen-bond donors (Lipinski definition) is 2. The summed E-state index contributed by atoms with van der Waals surface area (Å²) in [5.41, 5.74) is 6.81. The number of rotatable bonds is 5. The molecule has 3 N–H and O–H groups in total. The Morgan fingerprint density at radius 1 is 1.29 bits per heavy atom. The van der Waals surface area contributed by atoms with Crippen LogP contribution in [0.1, 0.15) is 12.8 Å². The van der Waals surface area contributed by atoms with Gasteiger partial charge in [-0.2, -0.15) is 0 Å². The standard InChI is InChI=1S/C14H17N3O4/c15-10-3-1-4-11(7-10)16-12(18)5-2-6-17-13(19)8-21-9-14(17)20/h1,3-4,7H,2,5-6,8-9,15H2,(H,16,18). The molecule has 0 radical (unpaired) electrons. The quantitative estimate of drug-likeness (QED) is 0.603. The van der Waals surface area contributed by atoms with Crippen molar-refractivity contribution in [2.24, 2.45) is 0 Å². The van der Waals surface area contributed by atoms with E-state index in [1.165, 1.54) is 0 Å². The Hall–Kier alpha value is -2.41. The maximum absolute atomic E-state index is 11.8. The van der Waals surface area contributed by atoms with Crippen LogP contribution >= 0.6 is 0 Å². The number of ether oxygens (including phenoxy) is 1. The number of morpholine rings is 1. The molecule has 1 aromatic rings. The number of carbonyl (C=O) groups is 3. The van der Waals surface area contributed by atoms with Gasteiger partial charge < -0.3 is 15.8 Å². The van der Waals surface area contributed by atoms with Crippen LogP contribution in [0, 0.1) is 0 Å². The van der Waals surface area contributed by atoms with Gasteiger partial charge in [0.1, 0.15) is 13.2 Å². The lowest BCUT2D eigenvalue weighted by Gasteiger charge is -2.24. The third-order valence-electron chi connectivity index (χ3n) is 3.01. The van der Waals surface area contributed by atoms with Crippen LogP contribution in [0.3, 0.4) is 0 Å². The highest BCUT2D eigenvalue weighted by atomic mass is 16.5. The van der Waals surface area contributed by atoms with Gasteiger partial charge in [0.05, 0.1) is 0 Å². The predicted octanol–water partition coefficient (Wildman–Crippen LogP) is 0.373. The van der Waals surface area contributed by atoms with Gasteiger partial charge in [-0.3, -0.25) is 19.3 Å². The molecule has 21 heavy (non-hydrogen) atoms. The lowest BCUT2D eigenvalue weighted by Crippen LogP contribution is -2.46. The van der Waals surface area contributed by atoms with E-state index >= 15 is 0 Å². The molecule has 0 unspecified atom stereocenters. The normalized spacial score (nSPS) is 15.1. The van der Waals surface area contributed by atoms with Crippen molar-refractivity contribution in [2.75, 3.05) is 30.8 Å². The van der Waals surface area contributed by atoms with Crippen LogP contribution in [0.2, 0.25) is 0 Å². The van der Waals surface area contributed by atoms with Crippen molar-refractivity contribution in [1.29, 1.82) is 0 Å². The van der Waals surface area contributed by atoms with Gasteiger partial charge >= 0.3 is 0 Å². The van der Waals surface area contributed by atoms with E-state index in [9.17, 15) is 14.4 Å². The molecular formula is C14H17N3O4. The van der Waals surface area contributed by atoms with Gasteiger partial charge in [0, 0.05) is 24.3 Å². The first kappa shape index (κ1) is 15.0. The van der Waals surface area contributed by atoms with Crippen molar-refractivity contribution in [2.45, 2.75) is 12.8 Å². The van der Waals surface area contributed by atoms with E-state index in [1.54, 1.807) is 24.3 Å². The van der Waals surface area contributed by atoms with E-state index in [-0.39, 0.29) is 43.9 Å². The van der Waals surface area contributed by atoms with E-state index in [0.717, 1.165) is 4.90 Å². The Labute approximate surface area is 122 Å². The molecule has 0 spiro atoms. The van der Waals surface area contributed by atoms with Crippen LogP contribution in [-0.4, -0.2) is 42.4 Å². The van der Waals surface area contributed by atoms with Crippen molar-refractivity contribution >= 4 is 29.1 Å². The number of nitrogens with two attached hydrogens (primary N) is 1. The van der Waals surface area contributed by atoms with Gasteiger partial charge in [-0.1, -0.05) is 6.07 Å². The minimum atomic E-state index is -0.359. The molecular weight excluding hydrogens is 274 g/mol. The number of nitrogens with one attached hydrogen (secondary N) is 1.